The van der Waals surface area contributed by atoms with Crippen molar-refractivity contribution < 1.29 is 14.8 Å². The van der Waals surface area contributed by atoms with Crippen molar-refractivity contribution in [3.05, 3.63) is 61.0 Å². The van der Waals surface area contributed by atoms with E-state index in [0.29, 0.717) is 48.0 Å². The number of aromatic hydroxyl groups is 1. The summed E-state index contributed by atoms with van der Waals surface area (Å²) in [6, 6.07) is 9.44. The van der Waals surface area contributed by atoms with E-state index in [1.165, 1.54) is 18.3 Å². The normalized spacial score (nSPS) is 13.8. The lowest BCUT2D eigenvalue weighted by Crippen LogP contribution is -2.37. The van der Waals surface area contributed by atoms with Gasteiger partial charge in [-0.05, 0) is 34.1 Å². The highest BCUT2D eigenvalue weighted by Gasteiger charge is 2.17. The van der Waals surface area contributed by atoms with Crippen molar-refractivity contribution in [1.82, 2.24) is 15.0 Å². The van der Waals surface area contributed by atoms with Gasteiger partial charge in [-0.15, -0.1) is 0 Å². The molecule has 1 aromatic heterocycles. The number of nitrogens with zero attached hydrogens (tertiary/aromatic N) is 6. The molecule has 1 saturated heterocycles. The Hall–Kier alpha value is -3.36. The highest BCUT2D eigenvalue weighted by atomic mass is 79.9. The summed E-state index contributed by atoms with van der Waals surface area (Å²) < 4.78 is 6.67. The van der Waals surface area contributed by atoms with Gasteiger partial charge in [0.25, 0.3) is 5.69 Å². The first-order valence-electron chi connectivity index (χ1n) is 9.96. The Labute approximate surface area is 210 Å². The molecule has 1 aliphatic rings. The lowest BCUT2D eigenvalue weighted by Gasteiger charge is -2.27. The van der Waals surface area contributed by atoms with Gasteiger partial charge in [0, 0.05) is 40.9 Å². The van der Waals surface area contributed by atoms with Crippen molar-refractivity contribution in [2.45, 2.75) is 0 Å². The lowest BCUT2D eigenvalue weighted by atomic mass is 10.2. The van der Waals surface area contributed by atoms with E-state index in [1.807, 2.05) is 4.90 Å². The third-order valence-corrected chi connectivity index (χ3v) is 5.72. The van der Waals surface area contributed by atoms with Crippen molar-refractivity contribution in [2.75, 3.05) is 41.9 Å². The van der Waals surface area contributed by atoms with Crippen molar-refractivity contribution in [3.8, 4) is 5.75 Å². The number of hydrazone groups is 1. The molecule has 176 valence electrons. The van der Waals surface area contributed by atoms with Crippen LogP contribution in [0, 0.1) is 10.1 Å². The third-order valence-electron chi connectivity index (χ3n) is 4.66. The van der Waals surface area contributed by atoms with Gasteiger partial charge < -0.3 is 20.1 Å². The number of nitro groups is 1. The number of nitro benzene ring substituents is 1. The van der Waals surface area contributed by atoms with E-state index < -0.39 is 4.92 Å². The summed E-state index contributed by atoms with van der Waals surface area (Å²) in [6.45, 7) is 2.28. The summed E-state index contributed by atoms with van der Waals surface area (Å²) in [6.07, 6.45) is 1.43. The standard InChI is InChI=1S/C20H18Br2N8O4/c21-13-8-12(17(31)16(22)9-13)11-23-28-19-25-18(24-14-2-1-3-15(10-14)30(32)33)26-20(27-19)29-4-6-34-7-5-29/h1-3,8-11,31H,4-7H2,(H2,24,25,26,27,28)/b23-11+. The first-order chi connectivity index (χ1) is 16.4. The van der Waals surface area contributed by atoms with Crippen LogP contribution in [-0.4, -0.2) is 57.5 Å². The second-order valence-corrected chi connectivity index (χ2v) is 8.78. The number of ether oxygens (including phenoxy) is 1. The quantitative estimate of drug-likeness (QED) is 0.208. The topological polar surface area (TPSA) is 151 Å². The van der Waals surface area contributed by atoms with Gasteiger partial charge in [-0.3, -0.25) is 10.1 Å². The number of hydrogen-bond donors (Lipinski definition) is 3. The highest BCUT2D eigenvalue weighted by molar-refractivity contribution is 9.11. The van der Waals surface area contributed by atoms with Crippen LogP contribution in [0.15, 0.2) is 50.4 Å². The van der Waals surface area contributed by atoms with Crippen LogP contribution >= 0.6 is 31.9 Å². The largest absolute Gasteiger partial charge is 0.506 e. The molecule has 14 heteroatoms. The summed E-state index contributed by atoms with van der Waals surface area (Å²) in [7, 11) is 0. The van der Waals surface area contributed by atoms with Crippen LogP contribution in [0.5, 0.6) is 5.75 Å². The van der Waals surface area contributed by atoms with Crippen molar-refractivity contribution in [2.24, 2.45) is 5.10 Å². The van der Waals surface area contributed by atoms with E-state index in [2.05, 4.69) is 62.7 Å². The molecule has 0 bridgehead atoms. The van der Waals surface area contributed by atoms with Gasteiger partial charge >= 0.3 is 0 Å². The fourth-order valence-corrected chi connectivity index (χ4v) is 4.30. The van der Waals surface area contributed by atoms with Crippen LogP contribution in [-0.2, 0) is 4.74 Å². The zero-order chi connectivity index (χ0) is 24.1. The molecule has 1 aliphatic heterocycles. The van der Waals surface area contributed by atoms with E-state index >= 15 is 0 Å². The van der Waals surface area contributed by atoms with Crippen LogP contribution in [0.3, 0.4) is 0 Å². The maximum absolute atomic E-state index is 11.1. The minimum atomic E-state index is -0.477. The Morgan fingerprint density at radius 2 is 1.91 bits per heavy atom. The number of anilines is 4. The SMILES string of the molecule is O=[N+]([O-])c1cccc(Nc2nc(N/N=C/c3cc(Br)cc(Br)c3O)nc(N3CCOCC3)n2)c1. The molecule has 0 aliphatic carbocycles. The second kappa shape index (κ2) is 10.7. The summed E-state index contributed by atoms with van der Waals surface area (Å²) in [5.41, 5.74) is 3.61. The molecule has 0 atom stereocenters. The van der Waals surface area contributed by atoms with Crippen molar-refractivity contribution in [1.29, 1.82) is 0 Å². The summed E-state index contributed by atoms with van der Waals surface area (Å²) in [5.74, 6) is 0.764. The Bertz CT molecular complexity index is 1240. The first-order valence-corrected chi connectivity index (χ1v) is 11.5. The third kappa shape index (κ3) is 5.95. The number of rotatable bonds is 7. The Morgan fingerprint density at radius 1 is 1.15 bits per heavy atom. The molecule has 2 aromatic carbocycles. The van der Waals surface area contributed by atoms with E-state index in [4.69, 9.17) is 4.74 Å². The number of morpholine rings is 1. The van der Waals surface area contributed by atoms with Gasteiger partial charge in [-0.1, -0.05) is 22.0 Å². The number of aromatic nitrogens is 3. The minimum Gasteiger partial charge on any atom is -0.506 e. The number of nitrogens with one attached hydrogen (secondary N) is 2. The molecule has 3 N–H and O–H groups in total. The van der Waals surface area contributed by atoms with Crippen LogP contribution in [0.25, 0.3) is 0 Å². The number of benzene rings is 2. The number of hydrogen-bond acceptors (Lipinski definition) is 11. The summed E-state index contributed by atoms with van der Waals surface area (Å²) >= 11 is 6.65. The van der Waals surface area contributed by atoms with Gasteiger partial charge in [-0.2, -0.15) is 20.1 Å². The summed E-state index contributed by atoms with van der Waals surface area (Å²) in [4.78, 5) is 25.8. The molecular formula is C20H18Br2N8O4. The maximum Gasteiger partial charge on any atom is 0.271 e. The van der Waals surface area contributed by atoms with Crippen LogP contribution in [0.2, 0.25) is 0 Å². The van der Waals surface area contributed by atoms with Crippen LogP contribution < -0.4 is 15.6 Å². The van der Waals surface area contributed by atoms with E-state index in [9.17, 15) is 15.2 Å². The van der Waals surface area contributed by atoms with Crippen LogP contribution in [0.1, 0.15) is 5.56 Å². The average molecular weight is 594 g/mol. The molecule has 2 heterocycles. The highest BCUT2D eigenvalue weighted by Crippen LogP contribution is 2.30. The summed E-state index contributed by atoms with van der Waals surface area (Å²) in [5, 5.41) is 28.4. The monoisotopic (exact) mass is 592 g/mol. The number of non-ortho nitro benzene ring substituents is 1. The molecule has 0 amide bonds. The number of phenols is 1. The minimum absolute atomic E-state index is 0.0337. The molecule has 0 spiro atoms. The Kier molecular flexibility index (Phi) is 7.49. The molecule has 4 rings (SSSR count). The van der Waals surface area contributed by atoms with Gasteiger partial charge in [-0.25, -0.2) is 5.43 Å². The molecule has 0 saturated carbocycles. The molecule has 12 nitrogen and oxygen atoms in total. The predicted molar refractivity (Wildman–Crippen MR) is 134 cm³/mol. The molecule has 0 unspecified atom stereocenters. The maximum atomic E-state index is 11.1. The predicted octanol–water partition coefficient (Wildman–Crippen LogP) is 4.04. The molecule has 3 aromatic rings. The molecular weight excluding hydrogens is 576 g/mol. The lowest BCUT2D eigenvalue weighted by molar-refractivity contribution is -0.384. The molecule has 0 radical (unpaired) electrons. The van der Waals surface area contributed by atoms with Gasteiger partial charge in [0.2, 0.25) is 17.8 Å². The number of halogens is 2. The molecule has 1 fully saturated rings. The van der Waals surface area contributed by atoms with E-state index in [0.717, 1.165) is 4.47 Å². The van der Waals surface area contributed by atoms with Crippen molar-refractivity contribution >= 4 is 67.3 Å². The fourth-order valence-electron chi connectivity index (χ4n) is 3.05. The Balaban J connectivity index is 1.61. The van der Waals surface area contributed by atoms with Crippen LogP contribution in [0.4, 0.5) is 29.2 Å². The zero-order valence-corrected chi connectivity index (χ0v) is 20.7. The molecule has 34 heavy (non-hydrogen) atoms. The number of phenolic OH excluding ortho intramolecular Hbond substituents is 1. The fraction of sp³-hybridized carbons (Fsp3) is 0.200. The van der Waals surface area contributed by atoms with E-state index in [-0.39, 0.29) is 23.3 Å². The van der Waals surface area contributed by atoms with Gasteiger partial charge in [0.1, 0.15) is 5.75 Å². The Morgan fingerprint density at radius 3 is 2.68 bits per heavy atom. The smallest absolute Gasteiger partial charge is 0.271 e. The van der Waals surface area contributed by atoms with Gasteiger partial charge in [0.05, 0.1) is 28.8 Å². The first kappa shape index (κ1) is 23.8. The zero-order valence-electron chi connectivity index (χ0n) is 17.5. The second-order valence-electron chi connectivity index (χ2n) is 7.01. The average Bonchev–Trinajstić information content (AvgIpc) is 2.82. The van der Waals surface area contributed by atoms with E-state index in [1.54, 1.807) is 24.3 Å². The van der Waals surface area contributed by atoms with Gasteiger partial charge in [0.15, 0.2) is 0 Å². The van der Waals surface area contributed by atoms with Crippen molar-refractivity contribution in [3.63, 3.8) is 0 Å².